The molecule has 0 fully saturated rings. The molecule has 1 amide bonds. The second-order valence-electron chi connectivity index (χ2n) is 5.24. The van der Waals surface area contributed by atoms with Crippen LogP contribution in [-0.4, -0.2) is 10.9 Å². The van der Waals surface area contributed by atoms with Crippen LogP contribution in [0.5, 0.6) is 0 Å². The van der Waals surface area contributed by atoms with Crippen LogP contribution in [-0.2, 0) is 12.4 Å². The molecule has 2 aromatic carbocycles. The van der Waals surface area contributed by atoms with Gasteiger partial charge in [-0.1, -0.05) is 12.1 Å². The van der Waals surface area contributed by atoms with E-state index in [1.807, 2.05) is 0 Å². The van der Waals surface area contributed by atoms with E-state index in [0.717, 1.165) is 0 Å². The van der Waals surface area contributed by atoms with E-state index < -0.39 is 35.0 Å². The number of hydrogen-bond acceptors (Lipinski definition) is 3. The quantitative estimate of drug-likeness (QED) is 0.634. The topological polar surface area (TPSA) is 55.1 Å². The lowest BCUT2D eigenvalue weighted by atomic mass is 10.0. The molecule has 1 heterocycles. The summed E-state index contributed by atoms with van der Waals surface area (Å²) in [6.07, 6.45) is -10.1. The van der Waals surface area contributed by atoms with E-state index in [1.165, 1.54) is 6.07 Å². The van der Waals surface area contributed by atoms with E-state index in [9.17, 15) is 31.1 Å². The number of halogens is 6. The Labute approximate surface area is 141 Å². The predicted molar refractivity (Wildman–Crippen MR) is 78.4 cm³/mol. The van der Waals surface area contributed by atoms with Crippen molar-refractivity contribution >= 4 is 23.0 Å². The summed E-state index contributed by atoms with van der Waals surface area (Å²) in [5, 5.41) is 2.05. The third-order valence-corrected chi connectivity index (χ3v) is 3.36. The average Bonchev–Trinajstić information content (AvgIpc) is 2.95. The Morgan fingerprint density at radius 1 is 0.923 bits per heavy atom. The van der Waals surface area contributed by atoms with Gasteiger partial charge in [0.1, 0.15) is 5.52 Å². The number of hydrogen-bond donors (Lipinski definition) is 1. The molecule has 3 aromatic rings. The molecule has 0 atom stereocenters. The van der Waals surface area contributed by atoms with Gasteiger partial charge in [-0.05, 0) is 30.3 Å². The number of nitrogens with zero attached hydrogens (tertiary/aromatic N) is 1. The standard InChI is InChI=1S/C16H8F6N2O2/c17-15(18,19)9-5-8(6-10(7-9)16(20,21)22)13(25)24-14-23-11-3-1-2-4-12(11)26-14/h1-7H,(H,23,24,25). The second-order valence-corrected chi connectivity index (χ2v) is 5.24. The maximum atomic E-state index is 12.8. The summed E-state index contributed by atoms with van der Waals surface area (Å²) in [5.74, 6) is -1.21. The first kappa shape index (κ1) is 17.8. The number of nitrogens with one attached hydrogen (secondary N) is 1. The Morgan fingerprint density at radius 2 is 1.50 bits per heavy atom. The van der Waals surface area contributed by atoms with Gasteiger partial charge in [-0.2, -0.15) is 31.3 Å². The highest BCUT2D eigenvalue weighted by molar-refractivity contribution is 6.03. The number of alkyl halides is 6. The van der Waals surface area contributed by atoms with Gasteiger partial charge in [0.25, 0.3) is 5.91 Å². The molecule has 0 aliphatic rings. The molecule has 0 saturated carbocycles. The highest BCUT2D eigenvalue weighted by Crippen LogP contribution is 2.36. The van der Waals surface area contributed by atoms with Crippen LogP contribution in [0.2, 0.25) is 0 Å². The zero-order valence-corrected chi connectivity index (χ0v) is 12.6. The van der Waals surface area contributed by atoms with E-state index >= 15 is 0 Å². The van der Waals surface area contributed by atoms with Crippen molar-refractivity contribution in [3.63, 3.8) is 0 Å². The fourth-order valence-corrected chi connectivity index (χ4v) is 2.18. The van der Waals surface area contributed by atoms with Gasteiger partial charge < -0.3 is 4.42 Å². The van der Waals surface area contributed by atoms with Gasteiger partial charge in [-0.3, -0.25) is 10.1 Å². The van der Waals surface area contributed by atoms with Crippen molar-refractivity contribution < 1.29 is 35.6 Å². The van der Waals surface area contributed by atoms with Gasteiger partial charge >= 0.3 is 18.4 Å². The molecule has 0 bridgehead atoms. The van der Waals surface area contributed by atoms with Crippen molar-refractivity contribution in [2.24, 2.45) is 0 Å². The number of amides is 1. The number of oxazole rings is 1. The number of benzene rings is 2. The number of para-hydroxylation sites is 2. The Hall–Kier alpha value is -3.04. The Kier molecular flexibility index (Phi) is 4.13. The number of aromatic nitrogens is 1. The van der Waals surface area contributed by atoms with Crippen LogP contribution in [0.3, 0.4) is 0 Å². The third kappa shape index (κ3) is 3.63. The smallest absolute Gasteiger partial charge is 0.416 e. The SMILES string of the molecule is O=C(Nc1nc2ccccc2o1)c1cc(C(F)(F)F)cc(C(F)(F)F)c1. The van der Waals surface area contributed by atoms with Crippen molar-refractivity contribution in [3.8, 4) is 0 Å². The van der Waals surface area contributed by atoms with Crippen LogP contribution < -0.4 is 5.32 Å². The van der Waals surface area contributed by atoms with Gasteiger partial charge in [-0.15, -0.1) is 0 Å². The molecule has 0 saturated heterocycles. The van der Waals surface area contributed by atoms with Gasteiger partial charge in [0.2, 0.25) is 0 Å². The van der Waals surface area contributed by atoms with Crippen LogP contribution in [0.1, 0.15) is 21.5 Å². The van der Waals surface area contributed by atoms with E-state index in [1.54, 1.807) is 18.2 Å². The second kappa shape index (κ2) is 6.04. The Balaban J connectivity index is 1.97. The molecule has 3 rings (SSSR count). The largest absolute Gasteiger partial charge is 0.423 e. The van der Waals surface area contributed by atoms with Gasteiger partial charge in [0, 0.05) is 5.56 Å². The first-order chi connectivity index (χ1) is 12.0. The maximum Gasteiger partial charge on any atom is 0.416 e. The molecular formula is C16H8F6N2O2. The van der Waals surface area contributed by atoms with E-state index in [2.05, 4.69) is 10.3 Å². The lowest BCUT2D eigenvalue weighted by molar-refractivity contribution is -0.143. The Morgan fingerprint density at radius 3 is 2.04 bits per heavy atom. The van der Waals surface area contributed by atoms with Crippen molar-refractivity contribution in [2.45, 2.75) is 12.4 Å². The monoisotopic (exact) mass is 374 g/mol. The minimum absolute atomic E-state index is 0.0593. The number of rotatable bonds is 2. The van der Waals surface area contributed by atoms with Crippen LogP contribution in [0.15, 0.2) is 46.9 Å². The minimum atomic E-state index is -5.05. The molecule has 0 radical (unpaired) electrons. The zero-order valence-electron chi connectivity index (χ0n) is 12.6. The molecule has 0 unspecified atom stereocenters. The highest BCUT2D eigenvalue weighted by Gasteiger charge is 2.37. The molecule has 0 aliphatic carbocycles. The number of carbonyl (C=O) groups is 1. The highest BCUT2D eigenvalue weighted by atomic mass is 19.4. The summed E-state index contributed by atoms with van der Waals surface area (Å²) in [4.78, 5) is 16.0. The van der Waals surface area contributed by atoms with Crippen LogP contribution >= 0.6 is 0 Å². The first-order valence-corrected chi connectivity index (χ1v) is 7.00. The number of fused-ring (bicyclic) bond motifs is 1. The van der Waals surface area contributed by atoms with Gasteiger partial charge in [-0.25, -0.2) is 0 Å². The lowest BCUT2D eigenvalue weighted by Crippen LogP contribution is -2.17. The lowest BCUT2D eigenvalue weighted by Gasteiger charge is -2.13. The molecule has 136 valence electrons. The van der Waals surface area contributed by atoms with Crippen molar-refractivity contribution in [3.05, 3.63) is 59.2 Å². The molecule has 0 spiro atoms. The predicted octanol–water partition coefficient (Wildman–Crippen LogP) is 5.12. The molecular weight excluding hydrogens is 366 g/mol. The summed E-state index contributed by atoms with van der Waals surface area (Å²) < 4.78 is 82.2. The normalized spacial score (nSPS) is 12.4. The fourth-order valence-electron chi connectivity index (χ4n) is 2.18. The van der Waals surface area contributed by atoms with Gasteiger partial charge in [0.05, 0.1) is 11.1 Å². The summed E-state index contributed by atoms with van der Waals surface area (Å²) in [5.41, 5.74) is -3.34. The van der Waals surface area contributed by atoms with Crippen LogP contribution in [0.4, 0.5) is 32.4 Å². The van der Waals surface area contributed by atoms with Crippen molar-refractivity contribution in [1.29, 1.82) is 0 Å². The summed E-state index contributed by atoms with van der Waals surface area (Å²) in [6.45, 7) is 0. The molecule has 4 nitrogen and oxygen atoms in total. The van der Waals surface area contributed by atoms with E-state index in [-0.39, 0.29) is 12.1 Å². The fraction of sp³-hybridized carbons (Fsp3) is 0.125. The Bertz CT molecular complexity index is 910. The first-order valence-electron chi connectivity index (χ1n) is 7.00. The number of anilines is 1. The van der Waals surface area contributed by atoms with Crippen molar-refractivity contribution in [1.82, 2.24) is 4.98 Å². The molecule has 0 aliphatic heterocycles. The number of carbonyl (C=O) groups excluding carboxylic acids is 1. The van der Waals surface area contributed by atoms with Gasteiger partial charge in [0.15, 0.2) is 5.58 Å². The minimum Gasteiger partial charge on any atom is -0.423 e. The summed E-state index contributed by atoms with van der Waals surface area (Å²) >= 11 is 0. The van der Waals surface area contributed by atoms with Crippen LogP contribution in [0.25, 0.3) is 11.1 Å². The van der Waals surface area contributed by atoms with Crippen LogP contribution in [0, 0.1) is 0 Å². The van der Waals surface area contributed by atoms with E-state index in [4.69, 9.17) is 4.42 Å². The third-order valence-electron chi connectivity index (χ3n) is 3.36. The van der Waals surface area contributed by atoms with E-state index in [0.29, 0.717) is 23.2 Å². The summed E-state index contributed by atoms with van der Waals surface area (Å²) in [7, 11) is 0. The average molecular weight is 374 g/mol. The maximum absolute atomic E-state index is 12.8. The molecule has 10 heteroatoms. The summed E-state index contributed by atoms with van der Waals surface area (Å²) in [6, 6.07) is 6.60. The zero-order chi connectivity index (χ0) is 19.1. The molecule has 1 N–H and O–H groups in total. The molecule has 1 aromatic heterocycles. The van der Waals surface area contributed by atoms with Crippen molar-refractivity contribution in [2.75, 3.05) is 5.32 Å². The molecule has 26 heavy (non-hydrogen) atoms.